The smallest absolute Gasteiger partial charge is 0.340 e. The van der Waals surface area contributed by atoms with Crippen molar-refractivity contribution in [1.29, 1.82) is 0 Å². The molecule has 1 saturated heterocycles. The Labute approximate surface area is 166 Å². The molecule has 154 valence electrons. The minimum Gasteiger partial charge on any atom is -0.462 e. The van der Waals surface area contributed by atoms with E-state index in [0.29, 0.717) is 24.6 Å². The van der Waals surface area contributed by atoms with E-state index in [2.05, 4.69) is 16.9 Å². The zero-order valence-corrected chi connectivity index (χ0v) is 17.7. The number of esters is 1. The molecular weight excluding hydrogens is 357 g/mol. The van der Waals surface area contributed by atoms with Crippen LogP contribution in [0.1, 0.15) is 68.1 Å². The van der Waals surface area contributed by atoms with Crippen molar-refractivity contribution in [2.75, 3.05) is 26.2 Å². The highest BCUT2D eigenvalue weighted by molar-refractivity contribution is 5.99. The Morgan fingerprint density at radius 1 is 1.39 bits per heavy atom. The van der Waals surface area contributed by atoms with E-state index in [9.17, 15) is 9.18 Å². The number of piperidine rings is 1. The molecule has 0 spiro atoms. The van der Waals surface area contributed by atoms with E-state index in [1.54, 1.807) is 20.0 Å². The SMILES string of the molecule is CCOC(=O)c1c(C)c(C(C)C2CCN(CC(C)(C)F)CC2)n2ncccc12. The van der Waals surface area contributed by atoms with Crippen molar-refractivity contribution in [1.82, 2.24) is 14.5 Å². The van der Waals surface area contributed by atoms with Crippen LogP contribution >= 0.6 is 0 Å². The maximum atomic E-state index is 14.0. The molecule has 0 amide bonds. The standard InChI is InChI=1S/C22H32FN3O2/c1-6-28-21(27)19-16(3)20(26-18(19)8-7-11-24-26)15(2)17-9-12-25(13-10-17)14-22(4,5)23/h7-8,11,15,17H,6,9-10,12-14H2,1-5H3. The van der Waals surface area contributed by atoms with Crippen LogP contribution in [0.3, 0.4) is 0 Å². The number of carbonyl (C=O) groups excluding carboxylic acids is 1. The van der Waals surface area contributed by atoms with Crippen LogP contribution in [0.4, 0.5) is 4.39 Å². The van der Waals surface area contributed by atoms with E-state index in [1.165, 1.54) is 0 Å². The molecule has 3 heterocycles. The van der Waals surface area contributed by atoms with Gasteiger partial charge in [-0.15, -0.1) is 0 Å². The van der Waals surface area contributed by atoms with Crippen LogP contribution in [0.5, 0.6) is 0 Å². The lowest BCUT2D eigenvalue weighted by Crippen LogP contribution is -2.41. The van der Waals surface area contributed by atoms with Gasteiger partial charge in [-0.2, -0.15) is 5.10 Å². The van der Waals surface area contributed by atoms with E-state index >= 15 is 0 Å². The van der Waals surface area contributed by atoms with Crippen LogP contribution in [0, 0.1) is 12.8 Å². The van der Waals surface area contributed by atoms with E-state index in [-0.39, 0.29) is 11.9 Å². The number of likely N-dealkylation sites (tertiary alicyclic amines) is 1. The topological polar surface area (TPSA) is 46.8 Å². The molecule has 2 aromatic heterocycles. The Morgan fingerprint density at radius 2 is 2.07 bits per heavy atom. The zero-order valence-electron chi connectivity index (χ0n) is 17.7. The molecule has 0 N–H and O–H groups in total. The lowest BCUT2D eigenvalue weighted by Gasteiger charge is -2.36. The molecule has 0 saturated carbocycles. The summed E-state index contributed by atoms with van der Waals surface area (Å²) in [6, 6.07) is 3.78. The summed E-state index contributed by atoms with van der Waals surface area (Å²) in [5.74, 6) is 0.447. The molecule has 1 aliphatic rings. The predicted octanol–water partition coefficient (Wildman–Crippen LogP) is 4.38. The number of hydrogen-bond donors (Lipinski definition) is 0. The van der Waals surface area contributed by atoms with Crippen LogP contribution < -0.4 is 0 Å². The monoisotopic (exact) mass is 389 g/mol. The van der Waals surface area contributed by atoms with Gasteiger partial charge in [-0.3, -0.25) is 0 Å². The van der Waals surface area contributed by atoms with Crippen LogP contribution in [0.25, 0.3) is 5.52 Å². The summed E-state index contributed by atoms with van der Waals surface area (Å²) in [6.07, 6.45) is 3.79. The average Bonchev–Trinajstić information content (AvgIpc) is 2.92. The molecule has 0 aromatic carbocycles. The Balaban J connectivity index is 1.86. The van der Waals surface area contributed by atoms with Gasteiger partial charge >= 0.3 is 5.97 Å². The second kappa shape index (κ2) is 8.19. The third-order valence-corrected chi connectivity index (χ3v) is 5.84. The number of fused-ring (bicyclic) bond motifs is 1. The first-order valence-corrected chi connectivity index (χ1v) is 10.3. The first-order chi connectivity index (χ1) is 13.2. The minimum absolute atomic E-state index is 0.256. The van der Waals surface area contributed by atoms with Gasteiger partial charge in [0.15, 0.2) is 0 Å². The van der Waals surface area contributed by atoms with Crippen molar-refractivity contribution in [3.8, 4) is 0 Å². The Kier molecular flexibility index (Phi) is 6.08. The molecule has 5 nitrogen and oxygen atoms in total. The van der Waals surface area contributed by atoms with Crippen molar-refractivity contribution in [3.63, 3.8) is 0 Å². The fourth-order valence-corrected chi connectivity index (χ4v) is 4.59. The Bertz CT molecular complexity index is 832. The molecule has 28 heavy (non-hydrogen) atoms. The predicted molar refractivity (Wildman–Crippen MR) is 109 cm³/mol. The summed E-state index contributed by atoms with van der Waals surface area (Å²) >= 11 is 0. The Hall–Kier alpha value is -1.95. The summed E-state index contributed by atoms with van der Waals surface area (Å²) in [6.45, 7) is 12.0. The van der Waals surface area contributed by atoms with E-state index < -0.39 is 5.67 Å². The maximum absolute atomic E-state index is 14.0. The summed E-state index contributed by atoms with van der Waals surface area (Å²) in [4.78, 5) is 14.8. The average molecular weight is 390 g/mol. The third kappa shape index (κ3) is 4.22. The lowest BCUT2D eigenvalue weighted by atomic mass is 9.82. The van der Waals surface area contributed by atoms with E-state index in [4.69, 9.17) is 4.74 Å². The van der Waals surface area contributed by atoms with Gasteiger partial charge in [0.05, 0.1) is 17.7 Å². The number of ether oxygens (including phenoxy) is 1. The number of hydrogen-bond acceptors (Lipinski definition) is 4. The number of aromatic nitrogens is 2. The van der Waals surface area contributed by atoms with Gasteiger partial charge < -0.3 is 9.64 Å². The summed E-state index contributed by atoms with van der Waals surface area (Å²) < 4.78 is 21.2. The molecule has 6 heteroatoms. The van der Waals surface area contributed by atoms with Crippen LogP contribution in [0.2, 0.25) is 0 Å². The van der Waals surface area contributed by atoms with Gasteiger partial charge in [-0.1, -0.05) is 6.92 Å². The van der Waals surface area contributed by atoms with E-state index in [0.717, 1.165) is 42.7 Å². The van der Waals surface area contributed by atoms with E-state index in [1.807, 2.05) is 30.5 Å². The van der Waals surface area contributed by atoms with Gasteiger partial charge in [0, 0.05) is 24.4 Å². The molecular formula is C22H32FN3O2. The van der Waals surface area contributed by atoms with Crippen molar-refractivity contribution in [2.45, 2.75) is 59.0 Å². The highest BCUT2D eigenvalue weighted by Crippen LogP contribution is 2.37. The van der Waals surface area contributed by atoms with Gasteiger partial charge in [0.1, 0.15) is 5.67 Å². The van der Waals surface area contributed by atoms with Crippen LogP contribution in [-0.2, 0) is 4.74 Å². The van der Waals surface area contributed by atoms with Crippen LogP contribution in [-0.4, -0.2) is 52.4 Å². The number of alkyl halides is 1. The first-order valence-electron chi connectivity index (χ1n) is 10.3. The van der Waals surface area contributed by atoms with Crippen molar-refractivity contribution >= 4 is 11.5 Å². The number of nitrogens with zero attached hydrogens (tertiary/aromatic N) is 3. The zero-order chi connectivity index (χ0) is 20.5. The third-order valence-electron chi connectivity index (χ3n) is 5.84. The summed E-state index contributed by atoms with van der Waals surface area (Å²) in [5.41, 5.74) is 2.30. The molecule has 0 aliphatic carbocycles. The first kappa shape index (κ1) is 20.8. The summed E-state index contributed by atoms with van der Waals surface area (Å²) in [7, 11) is 0. The molecule has 1 fully saturated rings. The minimum atomic E-state index is -1.16. The molecule has 0 radical (unpaired) electrons. The largest absolute Gasteiger partial charge is 0.462 e. The molecule has 1 aliphatic heterocycles. The molecule has 0 bridgehead atoms. The molecule has 1 unspecified atom stereocenters. The Morgan fingerprint density at radius 3 is 2.68 bits per heavy atom. The normalized spacial score (nSPS) is 17.8. The maximum Gasteiger partial charge on any atom is 0.340 e. The van der Waals surface area contributed by atoms with Gasteiger partial charge in [-0.05, 0) is 77.2 Å². The van der Waals surface area contributed by atoms with Crippen molar-refractivity contribution < 1.29 is 13.9 Å². The summed E-state index contributed by atoms with van der Waals surface area (Å²) in [5, 5.41) is 4.53. The fourth-order valence-electron chi connectivity index (χ4n) is 4.59. The quantitative estimate of drug-likeness (QED) is 0.688. The number of halogens is 1. The number of carbonyl (C=O) groups is 1. The fraction of sp³-hybridized carbons (Fsp3) is 0.636. The van der Waals surface area contributed by atoms with Crippen molar-refractivity contribution in [2.24, 2.45) is 5.92 Å². The second-order valence-corrected chi connectivity index (χ2v) is 8.55. The van der Waals surface area contributed by atoms with Gasteiger partial charge in [0.25, 0.3) is 0 Å². The number of rotatable bonds is 6. The van der Waals surface area contributed by atoms with Crippen molar-refractivity contribution in [3.05, 3.63) is 35.2 Å². The molecule has 3 rings (SSSR count). The van der Waals surface area contributed by atoms with Crippen LogP contribution in [0.15, 0.2) is 18.3 Å². The van der Waals surface area contributed by atoms with Gasteiger partial charge in [-0.25, -0.2) is 13.7 Å². The van der Waals surface area contributed by atoms with Gasteiger partial charge in [0.2, 0.25) is 0 Å². The highest BCUT2D eigenvalue weighted by Gasteiger charge is 2.32. The molecule has 1 atom stereocenters. The highest BCUT2D eigenvalue weighted by atomic mass is 19.1. The lowest BCUT2D eigenvalue weighted by molar-refractivity contribution is 0.0528. The molecule has 2 aromatic rings. The second-order valence-electron chi connectivity index (χ2n) is 8.55.